The van der Waals surface area contributed by atoms with Crippen LogP contribution in [0.15, 0.2) is 54.6 Å². The minimum absolute atomic E-state index is 0.0674. The third kappa shape index (κ3) is 6.20. The molecule has 0 unspecified atom stereocenters. The maximum Gasteiger partial charge on any atom is 0.134 e. The summed E-state index contributed by atoms with van der Waals surface area (Å²) in [7, 11) is 0. The van der Waals surface area contributed by atoms with Gasteiger partial charge < -0.3 is 0 Å². The average molecular weight is 401 g/mol. The molecular formula is C29H33F. The highest BCUT2D eigenvalue weighted by Gasteiger charge is 2.07. The summed E-state index contributed by atoms with van der Waals surface area (Å²) in [5, 5.41) is 1.62. The van der Waals surface area contributed by atoms with Crippen molar-refractivity contribution in [2.45, 2.75) is 71.6 Å². The first-order chi connectivity index (χ1) is 14.7. The molecule has 0 aliphatic heterocycles. The molecule has 156 valence electrons. The highest BCUT2D eigenvalue weighted by molar-refractivity contribution is 5.85. The van der Waals surface area contributed by atoms with E-state index in [0.29, 0.717) is 5.39 Å². The zero-order valence-corrected chi connectivity index (χ0v) is 18.4. The molecule has 0 amide bonds. The van der Waals surface area contributed by atoms with E-state index in [0.717, 1.165) is 41.3 Å². The molecule has 0 spiro atoms. The second-order valence-corrected chi connectivity index (χ2v) is 8.19. The Bertz CT molecular complexity index is 1000. The smallest absolute Gasteiger partial charge is 0.134 e. The molecule has 1 heteroatoms. The first kappa shape index (κ1) is 22.1. The molecule has 0 aliphatic carbocycles. The van der Waals surface area contributed by atoms with Crippen LogP contribution in [0.3, 0.4) is 0 Å². The van der Waals surface area contributed by atoms with Gasteiger partial charge in [0.2, 0.25) is 0 Å². The summed E-state index contributed by atoms with van der Waals surface area (Å²) in [6, 6.07) is 18.3. The van der Waals surface area contributed by atoms with Gasteiger partial charge in [0.05, 0.1) is 0 Å². The van der Waals surface area contributed by atoms with Crippen LogP contribution in [-0.2, 0) is 12.8 Å². The molecule has 0 fully saturated rings. The van der Waals surface area contributed by atoms with Gasteiger partial charge in [0.1, 0.15) is 5.82 Å². The number of hydrogen-bond donors (Lipinski definition) is 0. The third-order valence-electron chi connectivity index (χ3n) is 5.71. The van der Waals surface area contributed by atoms with Crippen molar-refractivity contribution in [3.05, 3.63) is 82.7 Å². The van der Waals surface area contributed by atoms with Gasteiger partial charge in [-0.2, -0.15) is 0 Å². The summed E-state index contributed by atoms with van der Waals surface area (Å²) in [4.78, 5) is 0. The van der Waals surface area contributed by atoms with E-state index in [9.17, 15) is 4.39 Å². The van der Waals surface area contributed by atoms with E-state index in [4.69, 9.17) is 0 Å². The largest absolute Gasteiger partial charge is 0.206 e. The fraction of sp³-hybridized carbons (Fsp3) is 0.379. The van der Waals surface area contributed by atoms with Crippen LogP contribution in [0.4, 0.5) is 4.39 Å². The van der Waals surface area contributed by atoms with E-state index in [2.05, 4.69) is 50.0 Å². The molecule has 30 heavy (non-hydrogen) atoms. The van der Waals surface area contributed by atoms with E-state index < -0.39 is 0 Å². The number of halogens is 1. The number of benzene rings is 3. The number of aryl methyl sites for hydroxylation is 2. The van der Waals surface area contributed by atoms with E-state index >= 15 is 0 Å². The molecule has 0 N–H and O–H groups in total. The lowest BCUT2D eigenvalue weighted by Gasteiger charge is -2.07. The van der Waals surface area contributed by atoms with Gasteiger partial charge >= 0.3 is 0 Å². The lowest BCUT2D eigenvalue weighted by atomic mass is 9.99. The van der Waals surface area contributed by atoms with Gasteiger partial charge in [-0.05, 0) is 66.5 Å². The lowest BCUT2D eigenvalue weighted by molar-refractivity contribution is 0.603. The fourth-order valence-corrected chi connectivity index (χ4v) is 3.83. The summed E-state index contributed by atoms with van der Waals surface area (Å²) in [5.74, 6) is 6.41. The Hall–Kier alpha value is -2.59. The zero-order valence-electron chi connectivity index (χ0n) is 18.4. The Morgan fingerprint density at radius 2 is 1.33 bits per heavy atom. The number of unbranched alkanes of at least 4 members (excludes halogenated alkanes) is 5. The Morgan fingerprint density at radius 1 is 0.667 bits per heavy atom. The third-order valence-corrected chi connectivity index (χ3v) is 5.71. The molecule has 0 saturated heterocycles. The molecule has 0 aliphatic rings. The molecule has 0 saturated carbocycles. The molecule has 3 aromatic carbocycles. The minimum Gasteiger partial charge on any atom is -0.206 e. The van der Waals surface area contributed by atoms with Gasteiger partial charge in [0, 0.05) is 16.5 Å². The van der Waals surface area contributed by atoms with Crippen LogP contribution in [-0.4, -0.2) is 0 Å². The summed E-state index contributed by atoms with van der Waals surface area (Å²) in [5.41, 5.74) is 4.14. The van der Waals surface area contributed by atoms with Crippen molar-refractivity contribution in [2.24, 2.45) is 0 Å². The van der Waals surface area contributed by atoms with E-state index in [-0.39, 0.29) is 5.82 Å². The van der Waals surface area contributed by atoms with Crippen LogP contribution in [0, 0.1) is 17.7 Å². The van der Waals surface area contributed by atoms with E-state index in [1.807, 2.05) is 30.3 Å². The van der Waals surface area contributed by atoms with Gasteiger partial charge in [-0.25, -0.2) is 4.39 Å². The summed E-state index contributed by atoms with van der Waals surface area (Å²) < 4.78 is 14.9. The molecule has 0 bridgehead atoms. The maximum absolute atomic E-state index is 14.9. The topological polar surface area (TPSA) is 0 Å². The van der Waals surface area contributed by atoms with Crippen LogP contribution in [0.1, 0.15) is 81.0 Å². The maximum atomic E-state index is 14.9. The lowest BCUT2D eigenvalue weighted by Crippen LogP contribution is -1.93. The van der Waals surface area contributed by atoms with Crippen LogP contribution >= 0.6 is 0 Å². The second-order valence-electron chi connectivity index (χ2n) is 8.19. The number of fused-ring (bicyclic) bond motifs is 1. The van der Waals surface area contributed by atoms with E-state index in [1.165, 1.54) is 44.1 Å². The Morgan fingerprint density at radius 3 is 2.10 bits per heavy atom. The first-order valence-corrected chi connectivity index (χ1v) is 11.5. The molecule has 3 aromatic rings. The summed E-state index contributed by atoms with van der Waals surface area (Å²) in [6.07, 6.45) is 10.4. The van der Waals surface area contributed by atoms with Crippen molar-refractivity contribution >= 4 is 10.8 Å². The summed E-state index contributed by atoms with van der Waals surface area (Å²) in [6.45, 7) is 4.42. The predicted octanol–water partition coefficient (Wildman–Crippen LogP) is 8.23. The van der Waals surface area contributed by atoms with Crippen LogP contribution in [0.25, 0.3) is 10.8 Å². The molecule has 0 aromatic heterocycles. The number of hydrogen-bond acceptors (Lipinski definition) is 0. The quantitative estimate of drug-likeness (QED) is 0.251. The monoisotopic (exact) mass is 400 g/mol. The van der Waals surface area contributed by atoms with Crippen molar-refractivity contribution in [1.82, 2.24) is 0 Å². The molecule has 0 heterocycles. The predicted molar refractivity (Wildman–Crippen MR) is 127 cm³/mol. The first-order valence-electron chi connectivity index (χ1n) is 11.5. The van der Waals surface area contributed by atoms with Gasteiger partial charge in [-0.1, -0.05) is 88.1 Å². The Kier molecular flexibility index (Phi) is 8.52. The molecule has 0 radical (unpaired) electrons. The Balaban J connectivity index is 1.69. The van der Waals surface area contributed by atoms with Crippen molar-refractivity contribution in [1.29, 1.82) is 0 Å². The van der Waals surface area contributed by atoms with Crippen LogP contribution < -0.4 is 0 Å². The molecule has 0 nitrogen and oxygen atoms in total. The van der Waals surface area contributed by atoms with Gasteiger partial charge in [0.15, 0.2) is 0 Å². The molecule has 3 rings (SSSR count). The van der Waals surface area contributed by atoms with Crippen molar-refractivity contribution in [3.8, 4) is 11.8 Å². The van der Waals surface area contributed by atoms with Gasteiger partial charge in [-0.3, -0.25) is 0 Å². The van der Waals surface area contributed by atoms with Gasteiger partial charge in [-0.15, -0.1) is 0 Å². The Labute approximate surface area is 181 Å². The summed E-state index contributed by atoms with van der Waals surface area (Å²) >= 11 is 0. The fourth-order valence-electron chi connectivity index (χ4n) is 3.83. The second kappa shape index (κ2) is 11.6. The number of rotatable bonds is 9. The van der Waals surface area contributed by atoms with E-state index in [1.54, 1.807) is 0 Å². The average Bonchev–Trinajstić information content (AvgIpc) is 2.77. The molecule has 0 atom stereocenters. The van der Waals surface area contributed by atoms with Crippen LogP contribution in [0.5, 0.6) is 0 Å². The van der Waals surface area contributed by atoms with Gasteiger partial charge in [0.25, 0.3) is 0 Å². The highest BCUT2D eigenvalue weighted by atomic mass is 19.1. The normalized spacial score (nSPS) is 10.8. The van der Waals surface area contributed by atoms with Crippen LogP contribution in [0.2, 0.25) is 0 Å². The van der Waals surface area contributed by atoms with Crippen molar-refractivity contribution in [2.75, 3.05) is 0 Å². The standard InChI is InChI=1S/C29H33F/c1-3-5-7-9-11-26-19-20-27-22-25(18-21-28(27)29(26)30)17-16-24-14-12-23(13-15-24)10-8-6-4-2/h12-15,18-22H,3-11H2,1-2H3. The van der Waals surface area contributed by atoms with Crippen molar-refractivity contribution in [3.63, 3.8) is 0 Å². The molecular weight excluding hydrogens is 367 g/mol. The minimum atomic E-state index is -0.0674. The highest BCUT2D eigenvalue weighted by Crippen LogP contribution is 2.24. The SMILES string of the molecule is CCCCCCc1ccc2cc(C#Cc3ccc(CCCCC)cc3)ccc2c1F. The zero-order chi connectivity index (χ0) is 21.2. The van der Waals surface area contributed by atoms with Crippen molar-refractivity contribution < 1.29 is 4.39 Å².